The van der Waals surface area contributed by atoms with Crippen molar-refractivity contribution in [1.29, 1.82) is 0 Å². The average Bonchev–Trinajstić information content (AvgIpc) is 2.35. The normalized spacial score (nSPS) is 18.9. The number of fused-ring (bicyclic) bond motifs is 1. The SMILES string of the molecule is CC(C)(C)OC(=O)N1Cc2ccccc2C[C@@H]1CO. The predicted octanol–water partition coefficient (Wildman–Crippen LogP) is 2.34. The summed E-state index contributed by atoms with van der Waals surface area (Å²) in [6, 6.07) is 7.80. The third-order valence-electron chi connectivity index (χ3n) is 3.19. The van der Waals surface area contributed by atoms with Crippen molar-refractivity contribution in [2.75, 3.05) is 6.61 Å². The summed E-state index contributed by atoms with van der Waals surface area (Å²) < 4.78 is 5.40. The van der Waals surface area contributed by atoms with Crippen LogP contribution >= 0.6 is 0 Å². The minimum Gasteiger partial charge on any atom is -0.444 e. The number of nitrogens with zero attached hydrogens (tertiary/aromatic N) is 1. The molecule has 1 heterocycles. The molecule has 0 radical (unpaired) electrons. The highest BCUT2D eigenvalue weighted by molar-refractivity contribution is 5.69. The maximum Gasteiger partial charge on any atom is 0.410 e. The van der Waals surface area contributed by atoms with Crippen molar-refractivity contribution in [3.05, 3.63) is 35.4 Å². The van der Waals surface area contributed by atoms with Gasteiger partial charge in [0, 0.05) is 6.54 Å². The van der Waals surface area contributed by atoms with Crippen LogP contribution in [0, 0.1) is 0 Å². The van der Waals surface area contributed by atoms with Gasteiger partial charge in [-0.1, -0.05) is 24.3 Å². The van der Waals surface area contributed by atoms with Gasteiger partial charge >= 0.3 is 6.09 Å². The Morgan fingerprint density at radius 3 is 2.58 bits per heavy atom. The zero-order chi connectivity index (χ0) is 14.0. The second kappa shape index (κ2) is 5.21. The molecule has 1 amide bonds. The first kappa shape index (κ1) is 13.9. The van der Waals surface area contributed by atoms with E-state index in [1.54, 1.807) is 4.90 Å². The number of ether oxygens (including phenoxy) is 1. The van der Waals surface area contributed by atoms with Crippen LogP contribution in [0.1, 0.15) is 31.9 Å². The van der Waals surface area contributed by atoms with Crippen molar-refractivity contribution in [2.45, 2.75) is 45.4 Å². The first-order valence-corrected chi connectivity index (χ1v) is 6.58. The summed E-state index contributed by atoms with van der Waals surface area (Å²) in [4.78, 5) is 13.8. The van der Waals surface area contributed by atoms with Crippen LogP contribution in [0.4, 0.5) is 4.79 Å². The predicted molar refractivity (Wildman–Crippen MR) is 72.8 cm³/mol. The van der Waals surface area contributed by atoms with Crippen molar-refractivity contribution in [2.24, 2.45) is 0 Å². The van der Waals surface area contributed by atoms with Crippen LogP contribution in [0.5, 0.6) is 0 Å². The fraction of sp³-hybridized carbons (Fsp3) is 0.533. The van der Waals surface area contributed by atoms with E-state index in [1.165, 1.54) is 5.56 Å². The van der Waals surface area contributed by atoms with E-state index in [-0.39, 0.29) is 18.7 Å². The quantitative estimate of drug-likeness (QED) is 0.846. The molecule has 4 nitrogen and oxygen atoms in total. The van der Waals surface area contributed by atoms with Crippen LogP contribution in [0.2, 0.25) is 0 Å². The minimum atomic E-state index is -0.520. The zero-order valence-corrected chi connectivity index (χ0v) is 11.7. The average molecular weight is 263 g/mol. The summed E-state index contributed by atoms with van der Waals surface area (Å²) in [5.74, 6) is 0. The Bertz CT molecular complexity index is 465. The number of carbonyl (C=O) groups is 1. The van der Waals surface area contributed by atoms with Gasteiger partial charge in [-0.05, 0) is 38.3 Å². The maximum atomic E-state index is 12.2. The number of amides is 1. The summed E-state index contributed by atoms with van der Waals surface area (Å²) in [5, 5.41) is 9.48. The number of aliphatic hydroxyl groups is 1. The van der Waals surface area contributed by atoms with Gasteiger partial charge in [-0.3, -0.25) is 4.90 Å². The zero-order valence-electron chi connectivity index (χ0n) is 11.7. The Labute approximate surface area is 114 Å². The lowest BCUT2D eigenvalue weighted by Crippen LogP contribution is -2.48. The van der Waals surface area contributed by atoms with Gasteiger partial charge in [0.1, 0.15) is 5.60 Å². The highest BCUT2D eigenvalue weighted by atomic mass is 16.6. The molecule has 0 saturated carbocycles. The second-order valence-electron chi connectivity index (χ2n) is 5.92. The van der Waals surface area contributed by atoms with E-state index in [0.717, 1.165) is 5.56 Å². The van der Waals surface area contributed by atoms with Crippen LogP contribution in [-0.2, 0) is 17.7 Å². The number of aliphatic hydroxyl groups excluding tert-OH is 1. The molecule has 4 heteroatoms. The lowest BCUT2D eigenvalue weighted by atomic mass is 9.95. The lowest BCUT2D eigenvalue weighted by molar-refractivity contribution is 0.00462. The van der Waals surface area contributed by atoms with Crippen LogP contribution < -0.4 is 0 Å². The van der Waals surface area contributed by atoms with Crippen molar-refractivity contribution >= 4 is 6.09 Å². The van der Waals surface area contributed by atoms with Gasteiger partial charge in [-0.25, -0.2) is 4.79 Å². The molecule has 0 aliphatic carbocycles. The molecule has 0 aromatic heterocycles. The topological polar surface area (TPSA) is 49.8 Å². The molecule has 1 aliphatic heterocycles. The number of hydrogen-bond acceptors (Lipinski definition) is 3. The first-order chi connectivity index (χ1) is 8.90. The Morgan fingerprint density at radius 2 is 2.00 bits per heavy atom. The number of rotatable bonds is 1. The van der Waals surface area contributed by atoms with Crippen molar-refractivity contribution in [1.82, 2.24) is 4.90 Å². The Balaban J connectivity index is 2.19. The molecule has 0 fully saturated rings. The summed E-state index contributed by atoms with van der Waals surface area (Å²) in [5.41, 5.74) is 1.80. The molecule has 19 heavy (non-hydrogen) atoms. The summed E-state index contributed by atoms with van der Waals surface area (Å²) in [6.45, 7) is 5.98. The highest BCUT2D eigenvalue weighted by Crippen LogP contribution is 2.24. The summed E-state index contributed by atoms with van der Waals surface area (Å²) >= 11 is 0. The third kappa shape index (κ3) is 3.26. The van der Waals surface area contributed by atoms with Crippen LogP contribution in [-0.4, -0.2) is 34.3 Å². The van der Waals surface area contributed by atoms with Crippen LogP contribution in [0.15, 0.2) is 24.3 Å². The van der Waals surface area contributed by atoms with Crippen LogP contribution in [0.3, 0.4) is 0 Å². The van der Waals surface area contributed by atoms with Crippen molar-refractivity contribution in [3.8, 4) is 0 Å². The molecule has 0 saturated heterocycles. The Morgan fingerprint density at radius 1 is 1.37 bits per heavy atom. The van der Waals surface area contributed by atoms with Gasteiger partial charge in [0.05, 0.1) is 12.6 Å². The van der Waals surface area contributed by atoms with Gasteiger partial charge in [-0.2, -0.15) is 0 Å². The van der Waals surface area contributed by atoms with E-state index < -0.39 is 5.60 Å². The second-order valence-corrected chi connectivity index (χ2v) is 5.92. The van der Waals surface area contributed by atoms with Gasteiger partial charge in [0.2, 0.25) is 0 Å². The molecule has 1 N–H and O–H groups in total. The standard InChI is InChI=1S/C15H21NO3/c1-15(2,3)19-14(18)16-9-12-7-5-4-6-11(12)8-13(16)10-17/h4-7,13,17H,8-10H2,1-3H3/t13-/m1/s1. The van der Waals surface area contributed by atoms with E-state index in [9.17, 15) is 9.90 Å². The maximum absolute atomic E-state index is 12.2. The first-order valence-electron chi connectivity index (χ1n) is 6.58. The van der Waals surface area contributed by atoms with E-state index in [4.69, 9.17) is 4.74 Å². The van der Waals surface area contributed by atoms with E-state index >= 15 is 0 Å². The van der Waals surface area contributed by atoms with Crippen molar-refractivity contribution in [3.63, 3.8) is 0 Å². The Kier molecular flexibility index (Phi) is 3.80. The molecule has 1 aromatic rings. The van der Waals surface area contributed by atoms with E-state index in [2.05, 4.69) is 0 Å². The van der Waals surface area contributed by atoms with Gasteiger partial charge in [0.25, 0.3) is 0 Å². The molecule has 0 bridgehead atoms. The number of benzene rings is 1. The van der Waals surface area contributed by atoms with Gasteiger partial charge in [0.15, 0.2) is 0 Å². The highest BCUT2D eigenvalue weighted by Gasteiger charge is 2.32. The van der Waals surface area contributed by atoms with Gasteiger partial charge in [-0.15, -0.1) is 0 Å². The fourth-order valence-corrected chi connectivity index (χ4v) is 2.28. The van der Waals surface area contributed by atoms with Gasteiger partial charge < -0.3 is 9.84 Å². The van der Waals surface area contributed by atoms with Crippen molar-refractivity contribution < 1.29 is 14.6 Å². The molecule has 2 rings (SSSR count). The molecule has 0 spiro atoms. The Hall–Kier alpha value is -1.55. The monoisotopic (exact) mass is 263 g/mol. The molecule has 1 aromatic carbocycles. The molecule has 104 valence electrons. The lowest BCUT2D eigenvalue weighted by Gasteiger charge is -2.36. The fourth-order valence-electron chi connectivity index (χ4n) is 2.28. The largest absolute Gasteiger partial charge is 0.444 e. The van der Waals surface area contributed by atoms with E-state index in [1.807, 2.05) is 45.0 Å². The minimum absolute atomic E-state index is 0.0480. The summed E-state index contributed by atoms with van der Waals surface area (Å²) in [7, 11) is 0. The smallest absolute Gasteiger partial charge is 0.410 e. The summed E-state index contributed by atoms with van der Waals surface area (Å²) in [6.07, 6.45) is 0.312. The number of carbonyl (C=O) groups excluding carboxylic acids is 1. The molecule has 1 aliphatic rings. The third-order valence-corrected chi connectivity index (χ3v) is 3.19. The molecular weight excluding hydrogens is 242 g/mol. The molecule has 1 atom stereocenters. The molecule has 0 unspecified atom stereocenters. The molecular formula is C15H21NO3. The van der Waals surface area contributed by atoms with E-state index in [0.29, 0.717) is 13.0 Å². The van der Waals surface area contributed by atoms with Crippen LogP contribution in [0.25, 0.3) is 0 Å². The number of hydrogen-bond donors (Lipinski definition) is 1.